The fraction of sp³-hybridized carbons (Fsp3) is 0.615. The standard InChI is InChI=1S/C13H19BClNO3/c1-12(2)13(3,4)19-14(18-12)10-7-9(5-6-17)8-16-11(10)15/h7-8,17H,5-6H2,1-4H3. The molecule has 0 amide bonds. The minimum Gasteiger partial charge on any atom is -0.399 e. The Morgan fingerprint density at radius 1 is 1.26 bits per heavy atom. The predicted octanol–water partition coefficient (Wildman–Crippen LogP) is 1.57. The molecule has 6 heteroatoms. The monoisotopic (exact) mass is 283 g/mol. The van der Waals surface area contributed by atoms with Crippen molar-refractivity contribution in [1.82, 2.24) is 4.98 Å². The Bertz CT molecular complexity index is 463. The summed E-state index contributed by atoms with van der Waals surface area (Å²) in [6.07, 6.45) is 2.20. The topological polar surface area (TPSA) is 51.6 Å². The molecule has 1 aliphatic rings. The highest BCUT2D eigenvalue weighted by atomic mass is 35.5. The van der Waals surface area contributed by atoms with E-state index in [0.29, 0.717) is 17.0 Å². The zero-order valence-corrected chi connectivity index (χ0v) is 12.5. The first-order valence-electron chi connectivity index (χ1n) is 6.37. The first-order valence-corrected chi connectivity index (χ1v) is 6.75. The summed E-state index contributed by atoms with van der Waals surface area (Å²) in [5, 5.41) is 9.36. The Balaban J connectivity index is 2.31. The molecule has 1 aromatic heterocycles. The van der Waals surface area contributed by atoms with Gasteiger partial charge in [-0.05, 0) is 39.7 Å². The van der Waals surface area contributed by atoms with Gasteiger partial charge in [0.25, 0.3) is 0 Å². The van der Waals surface area contributed by atoms with Gasteiger partial charge in [0.2, 0.25) is 0 Å². The summed E-state index contributed by atoms with van der Waals surface area (Å²) in [6, 6.07) is 1.88. The van der Waals surface area contributed by atoms with Crippen LogP contribution in [-0.4, -0.2) is 35.0 Å². The highest BCUT2D eigenvalue weighted by molar-refractivity contribution is 6.65. The average molecular weight is 284 g/mol. The lowest BCUT2D eigenvalue weighted by Gasteiger charge is -2.32. The third-order valence-corrected chi connectivity index (χ3v) is 4.15. The van der Waals surface area contributed by atoms with Gasteiger partial charge in [-0.3, -0.25) is 0 Å². The fourth-order valence-electron chi connectivity index (χ4n) is 1.91. The third-order valence-electron chi connectivity index (χ3n) is 3.83. The van der Waals surface area contributed by atoms with Gasteiger partial charge in [0.1, 0.15) is 5.15 Å². The molecule has 0 saturated carbocycles. The van der Waals surface area contributed by atoms with Crippen LogP contribution in [0.25, 0.3) is 0 Å². The van der Waals surface area contributed by atoms with Crippen molar-refractivity contribution < 1.29 is 14.4 Å². The van der Waals surface area contributed by atoms with Gasteiger partial charge in [-0.2, -0.15) is 0 Å². The van der Waals surface area contributed by atoms with E-state index < -0.39 is 18.3 Å². The van der Waals surface area contributed by atoms with Crippen LogP contribution in [0.4, 0.5) is 0 Å². The van der Waals surface area contributed by atoms with Crippen LogP contribution in [0.15, 0.2) is 12.3 Å². The second-order valence-electron chi connectivity index (χ2n) is 5.79. The van der Waals surface area contributed by atoms with Crippen LogP contribution in [0.5, 0.6) is 0 Å². The molecule has 1 N–H and O–H groups in total. The largest absolute Gasteiger partial charge is 0.498 e. The lowest BCUT2D eigenvalue weighted by Crippen LogP contribution is -2.41. The number of halogens is 1. The molecule has 1 fully saturated rings. The molecule has 1 saturated heterocycles. The fourth-order valence-corrected chi connectivity index (χ4v) is 2.10. The second kappa shape index (κ2) is 5.06. The van der Waals surface area contributed by atoms with Gasteiger partial charge >= 0.3 is 7.12 Å². The van der Waals surface area contributed by atoms with Gasteiger partial charge in [-0.1, -0.05) is 17.7 Å². The number of rotatable bonds is 3. The number of aliphatic hydroxyl groups excluding tert-OH is 1. The van der Waals surface area contributed by atoms with E-state index in [1.165, 1.54) is 0 Å². The van der Waals surface area contributed by atoms with Crippen LogP contribution >= 0.6 is 11.6 Å². The molecule has 0 unspecified atom stereocenters. The SMILES string of the molecule is CC1(C)OB(c2cc(CCO)cnc2Cl)OC1(C)C. The van der Waals surface area contributed by atoms with Crippen LogP contribution in [-0.2, 0) is 15.7 Å². The molecule has 0 aliphatic carbocycles. The maximum atomic E-state index is 8.99. The average Bonchev–Trinajstić information content (AvgIpc) is 2.51. The Morgan fingerprint density at radius 2 is 1.84 bits per heavy atom. The quantitative estimate of drug-likeness (QED) is 0.676. The van der Waals surface area contributed by atoms with Crippen LogP contribution in [0.2, 0.25) is 5.15 Å². The van der Waals surface area contributed by atoms with Gasteiger partial charge in [0.05, 0.1) is 11.2 Å². The summed E-state index contributed by atoms with van der Waals surface area (Å²) in [5.74, 6) is 0. The molecule has 2 heterocycles. The minimum absolute atomic E-state index is 0.0755. The maximum absolute atomic E-state index is 8.99. The molecule has 0 atom stereocenters. The van der Waals surface area contributed by atoms with Gasteiger partial charge in [0.15, 0.2) is 0 Å². The molecule has 0 radical (unpaired) electrons. The summed E-state index contributed by atoms with van der Waals surface area (Å²) >= 11 is 6.13. The Kier molecular flexibility index (Phi) is 3.93. The molecule has 19 heavy (non-hydrogen) atoms. The van der Waals surface area contributed by atoms with E-state index in [-0.39, 0.29) is 6.61 Å². The van der Waals surface area contributed by atoms with Crippen molar-refractivity contribution in [3.63, 3.8) is 0 Å². The van der Waals surface area contributed by atoms with Crippen molar-refractivity contribution in [3.8, 4) is 0 Å². The van der Waals surface area contributed by atoms with Crippen molar-refractivity contribution in [3.05, 3.63) is 23.0 Å². The van der Waals surface area contributed by atoms with Crippen molar-refractivity contribution in [2.24, 2.45) is 0 Å². The number of hydrogen-bond donors (Lipinski definition) is 1. The van der Waals surface area contributed by atoms with Gasteiger partial charge in [-0.15, -0.1) is 0 Å². The van der Waals surface area contributed by atoms with Gasteiger partial charge in [0, 0.05) is 18.3 Å². The predicted molar refractivity (Wildman–Crippen MR) is 75.8 cm³/mol. The highest BCUT2D eigenvalue weighted by Gasteiger charge is 2.52. The highest BCUT2D eigenvalue weighted by Crippen LogP contribution is 2.36. The second-order valence-corrected chi connectivity index (χ2v) is 6.14. The van der Waals surface area contributed by atoms with Crippen LogP contribution in [0.3, 0.4) is 0 Å². The number of nitrogens with zero attached hydrogens (tertiary/aromatic N) is 1. The molecule has 4 nitrogen and oxygen atoms in total. The molecular formula is C13H19BClNO3. The zero-order valence-electron chi connectivity index (χ0n) is 11.7. The van der Waals surface area contributed by atoms with E-state index in [4.69, 9.17) is 26.0 Å². The minimum atomic E-state index is -0.524. The van der Waals surface area contributed by atoms with Gasteiger partial charge in [-0.25, -0.2) is 4.98 Å². The van der Waals surface area contributed by atoms with E-state index in [9.17, 15) is 0 Å². The zero-order chi connectivity index (χ0) is 14.3. The molecular weight excluding hydrogens is 264 g/mol. The number of hydrogen-bond acceptors (Lipinski definition) is 4. The molecule has 0 bridgehead atoms. The lowest BCUT2D eigenvalue weighted by atomic mass is 9.79. The molecule has 0 aromatic carbocycles. The van der Waals surface area contributed by atoms with Crippen molar-refractivity contribution in [2.75, 3.05) is 6.61 Å². The van der Waals surface area contributed by atoms with Crippen LogP contribution < -0.4 is 5.46 Å². The normalized spacial score (nSPS) is 20.8. The molecule has 1 aromatic rings. The summed E-state index contributed by atoms with van der Waals surface area (Å²) in [7, 11) is -0.524. The number of aromatic nitrogens is 1. The summed E-state index contributed by atoms with van der Waals surface area (Å²) in [5.41, 5.74) is 0.810. The molecule has 104 valence electrons. The number of aliphatic hydroxyl groups is 1. The summed E-state index contributed by atoms with van der Waals surface area (Å²) < 4.78 is 11.9. The van der Waals surface area contributed by atoms with Crippen LogP contribution in [0, 0.1) is 0 Å². The lowest BCUT2D eigenvalue weighted by molar-refractivity contribution is 0.00578. The Labute approximate surface area is 119 Å². The molecule has 2 rings (SSSR count). The smallest absolute Gasteiger partial charge is 0.399 e. The molecule has 1 aliphatic heterocycles. The summed E-state index contributed by atoms with van der Waals surface area (Å²) in [4.78, 5) is 4.13. The maximum Gasteiger partial charge on any atom is 0.498 e. The van der Waals surface area contributed by atoms with Crippen LogP contribution in [0.1, 0.15) is 33.3 Å². The first-order chi connectivity index (χ1) is 8.77. The van der Waals surface area contributed by atoms with Crippen molar-refractivity contribution >= 4 is 24.2 Å². The van der Waals surface area contributed by atoms with Crippen molar-refractivity contribution in [2.45, 2.75) is 45.3 Å². The first kappa shape index (κ1) is 14.8. The third kappa shape index (κ3) is 2.79. The Hall–Kier alpha value is -0.615. The van der Waals surface area contributed by atoms with Gasteiger partial charge < -0.3 is 14.4 Å². The van der Waals surface area contributed by atoms with E-state index in [2.05, 4.69) is 4.98 Å². The van der Waals surface area contributed by atoms with E-state index in [1.54, 1.807) is 6.20 Å². The van der Waals surface area contributed by atoms with E-state index >= 15 is 0 Å². The van der Waals surface area contributed by atoms with Crippen molar-refractivity contribution in [1.29, 1.82) is 0 Å². The Morgan fingerprint density at radius 3 is 2.37 bits per heavy atom. The van der Waals surface area contributed by atoms with E-state index in [1.807, 2.05) is 33.8 Å². The number of pyridine rings is 1. The molecule has 0 spiro atoms. The summed E-state index contributed by atoms with van der Waals surface area (Å²) in [6.45, 7) is 8.04. The van der Waals surface area contributed by atoms with E-state index in [0.717, 1.165) is 5.56 Å².